The van der Waals surface area contributed by atoms with Crippen LogP contribution >= 0.6 is 0 Å². The van der Waals surface area contributed by atoms with Crippen LogP contribution in [0.25, 0.3) is 0 Å². The summed E-state index contributed by atoms with van der Waals surface area (Å²) in [7, 11) is -3.92. The van der Waals surface area contributed by atoms with E-state index in [0.29, 0.717) is 18.9 Å². The summed E-state index contributed by atoms with van der Waals surface area (Å²) < 4.78 is 27.2. The molecule has 0 atom stereocenters. The molecule has 2 aliphatic rings. The summed E-state index contributed by atoms with van der Waals surface area (Å²) in [5, 5.41) is 5.80. The maximum Gasteiger partial charge on any atom is 0.328 e. The highest BCUT2D eigenvalue weighted by atomic mass is 32.2. The van der Waals surface area contributed by atoms with Crippen LogP contribution < -0.4 is 15.4 Å². The molecule has 3 rings (SSSR count). The molecular weight excluding hydrogens is 426 g/mol. The van der Waals surface area contributed by atoms with Gasteiger partial charge in [0.1, 0.15) is 0 Å². The summed E-state index contributed by atoms with van der Waals surface area (Å²) in [6, 6.07) is 5.81. The van der Waals surface area contributed by atoms with Gasteiger partial charge < -0.3 is 10.6 Å². The largest absolute Gasteiger partial charge is 0.356 e. The SMILES string of the molecule is CC1CCC(NC(=O)NS(=O)(=O)c2ccc(CCNC(=O)C3CCCCCC3)cc2)CC1. The van der Waals surface area contributed by atoms with Crippen LogP contribution in [0.3, 0.4) is 0 Å². The van der Waals surface area contributed by atoms with Gasteiger partial charge in [-0.2, -0.15) is 0 Å². The molecule has 1 aromatic carbocycles. The van der Waals surface area contributed by atoms with Gasteiger partial charge in [0, 0.05) is 18.5 Å². The first-order valence-electron chi connectivity index (χ1n) is 12.0. The number of amides is 3. The molecule has 8 heteroatoms. The third-order valence-electron chi connectivity index (χ3n) is 6.75. The Kier molecular flexibility index (Phi) is 8.96. The summed E-state index contributed by atoms with van der Waals surface area (Å²) in [6.07, 6.45) is 11.1. The quantitative estimate of drug-likeness (QED) is 0.534. The molecule has 0 aliphatic heterocycles. The number of urea groups is 1. The van der Waals surface area contributed by atoms with Gasteiger partial charge in [-0.3, -0.25) is 4.79 Å². The lowest BCUT2D eigenvalue weighted by Gasteiger charge is -2.26. The Hall–Kier alpha value is -2.09. The molecule has 0 spiro atoms. The van der Waals surface area contributed by atoms with E-state index in [0.717, 1.165) is 56.9 Å². The molecule has 2 fully saturated rings. The zero-order valence-electron chi connectivity index (χ0n) is 19.1. The fourth-order valence-corrected chi connectivity index (χ4v) is 5.57. The zero-order valence-corrected chi connectivity index (χ0v) is 19.9. The first-order valence-corrected chi connectivity index (χ1v) is 13.5. The number of hydrogen-bond donors (Lipinski definition) is 3. The maximum atomic E-state index is 12.5. The lowest BCUT2D eigenvalue weighted by Crippen LogP contribution is -2.45. The van der Waals surface area contributed by atoms with Gasteiger partial charge in [0.05, 0.1) is 4.90 Å². The van der Waals surface area contributed by atoms with Gasteiger partial charge in [0.2, 0.25) is 5.91 Å². The average molecular weight is 464 g/mol. The summed E-state index contributed by atoms with van der Waals surface area (Å²) in [4.78, 5) is 24.6. The first-order chi connectivity index (χ1) is 15.3. The molecular formula is C24H37N3O4S. The van der Waals surface area contributed by atoms with E-state index in [1.54, 1.807) is 12.1 Å². The molecule has 32 heavy (non-hydrogen) atoms. The van der Waals surface area contributed by atoms with Gasteiger partial charge in [-0.15, -0.1) is 0 Å². The summed E-state index contributed by atoms with van der Waals surface area (Å²) >= 11 is 0. The van der Waals surface area contributed by atoms with E-state index in [-0.39, 0.29) is 22.8 Å². The minimum absolute atomic E-state index is 0.0250. The highest BCUT2D eigenvalue weighted by Crippen LogP contribution is 2.24. The number of carbonyl (C=O) groups is 2. The van der Waals surface area contributed by atoms with E-state index in [9.17, 15) is 18.0 Å². The van der Waals surface area contributed by atoms with Crippen molar-refractivity contribution < 1.29 is 18.0 Å². The Morgan fingerprint density at radius 2 is 1.53 bits per heavy atom. The van der Waals surface area contributed by atoms with Gasteiger partial charge in [-0.25, -0.2) is 17.9 Å². The van der Waals surface area contributed by atoms with E-state index in [2.05, 4.69) is 22.3 Å². The standard InChI is InChI=1S/C24H37N3O4S/c1-18-8-12-21(13-9-18)26-24(29)27-32(30,31)22-14-10-19(11-15-22)16-17-25-23(28)20-6-4-2-3-5-7-20/h10-11,14-15,18,20-21H,2-9,12-13,16-17H2,1H3,(H,25,28)(H2,26,27,29). The smallest absolute Gasteiger partial charge is 0.328 e. The number of rotatable bonds is 7. The minimum Gasteiger partial charge on any atom is -0.356 e. The molecule has 0 heterocycles. The number of benzene rings is 1. The second-order valence-corrected chi connectivity index (χ2v) is 11.1. The van der Waals surface area contributed by atoms with E-state index >= 15 is 0 Å². The van der Waals surface area contributed by atoms with Crippen LogP contribution in [0.5, 0.6) is 0 Å². The van der Waals surface area contributed by atoms with Crippen LogP contribution in [0.2, 0.25) is 0 Å². The van der Waals surface area contributed by atoms with Crippen LogP contribution in [-0.2, 0) is 21.2 Å². The van der Waals surface area contributed by atoms with Gasteiger partial charge in [0.25, 0.3) is 10.0 Å². The predicted molar refractivity (Wildman–Crippen MR) is 125 cm³/mol. The van der Waals surface area contributed by atoms with Crippen LogP contribution in [-0.4, -0.2) is 32.9 Å². The minimum atomic E-state index is -3.92. The van der Waals surface area contributed by atoms with Crippen molar-refractivity contribution in [2.45, 2.75) is 88.5 Å². The predicted octanol–water partition coefficient (Wildman–Crippen LogP) is 3.88. The van der Waals surface area contributed by atoms with E-state index in [1.807, 2.05) is 0 Å². The van der Waals surface area contributed by atoms with Crippen molar-refractivity contribution in [2.24, 2.45) is 11.8 Å². The molecule has 178 valence electrons. The molecule has 0 bridgehead atoms. The molecule has 0 saturated heterocycles. The number of carbonyl (C=O) groups excluding carboxylic acids is 2. The zero-order chi connectivity index (χ0) is 23.0. The van der Waals surface area contributed by atoms with Crippen molar-refractivity contribution in [2.75, 3.05) is 6.54 Å². The Balaban J connectivity index is 1.44. The highest BCUT2D eigenvalue weighted by molar-refractivity contribution is 7.90. The lowest BCUT2D eigenvalue weighted by atomic mass is 9.87. The van der Waals surface area contributed by atoms with Crippen LogP contribution in [0.1, 0.15) is 76.7 Å². The van der Waals surface area contributed by atoms with Crippen LogP contribution in [0.15, 0.2) is 29.2 Å². The highest BCUT2D eigenvalue weighted by Gasteiger charge is 2.23. The monoisotopic (exact) mass is 463 g/mol. The second kappa shape index (κ2) is 11.7. The van der Waals surface area contributed by atoms with E-state index in [1.165, 1.54) is 25.0 Å². The fourth-order valence-electron chi connectivity index (χ4n) is 4.65. The van der Waals surface area contributed by atoms with Crippen molar-refractivity contribution in [3.8, 4) is 0 Å². The number of hydrogen-bond acceptors (Lipinski definition) is 4. The van der Waals surface area contributed by atoms with Gasteiger partial charge >= 0.3 is 6.03 Å². The normalized spacial score (nSPS) is 22.5. The molecule has 2 aliphatic carbocycles. The Morgan fingerprint density at radius 1 is 0.906 bits per heavy atom. The molecule has 3 amide bonds. The summed E-state index contributed by atoms with van der Waals surface area (Å²) in [5.41, 5.74) is 0.936. The maximum absolute atomic E-state index is 12.5. The van der Waals surface area contributed by atoms with Gasteiger partial charge in [0.15, 0.2) is 0 Å². The average Bonchev–Trinajstić information content (AvgIpc) is 3.05. The van der Waals surface area contributed by atoms with Crippen molar-refractivity contribution >= 4 is 22.0 Å². The second-order valence-electron chi connectivity index (χ2n) is 9.41. The molecule has 0 radical (unpaired) electrons. The topological polar surface area (TPSA) is 104 Å². The first kappa shape index (κ1) is 24.6. The van der Waals surface area contributed by atoms with Gasteiger partial charge in [-0.05, 0) is 68.6 Å². The number of sulfonamides is 1. The third-order valence-corrected chi connectivity index (χ3v) is 8.10. The van der Waals surface area contributed by atoms with Crippen molar-refractivity contribution in [1.29, 1.82) is 0 Å². The summed E-state index contributed by atoms with van der Waals surface area (Å²) in [5.74, 6) is 0.913. The van der Waals surface area contributed by atoms with Crippen molar-refractivity contribution in [3.63, 3.8) is 0 Å². The van der Waals surface area contributed by atoms with E-state index in [4.69, 9.17) is 0 Å². The summed E-state index contributed by atoms with van der Waals surface area (Å²) in [6.45, 7) is 2.72. The van der Waals surface area contributed by atoms with Crippen molar-refractivity contribution in [3.05, 3.63) is 29.8 Å². The third kappa shape index (κ3) is 7.50. The van der Waals surface area contributed by atoms with Gasteiger partial charge in [-0.1, -0.05) is 44.7 Å². The molecule has 2 saturated carbocycles. The fraction of sp³-hybridized carbons (Fsp3) is 0.667. The number of nitrogens with one attached hydrogen (secondary N) is 3. The molecule has 7 nitrogen and oxygen atoms in total. The lowest BCUT2D eigenvalue weighted by molar-refractivity contribution is -0.125. The Bertz CT molecular complexity index is 854. The molecule has 0 unspecified atom stereocenters. The van der Waals surface area contributed by atoms with Crippen LogP contribution in [0.4, 0.5) is 4.79 Å². The Labute approximate surface area is 192 Å². The molecule has 1 aromatic rings. The van der Waals surface area contributed by atoms with Crippen LogP contribution in [0, 0.1) is 11.8 Å². The van der Waals surface area contributed by atoms with E-state index < -0.39 is 16.1 Å². The Morgan fingerprint density at radius 3 is 2.16 bits per heavy atom. The van der Waals surface area contributed by atoms with Crippen molar-refractivity contribution in [1.82, 2.24) is 15.4 Å². The molecule has 3 N–H and O–H groups in total. The molecule has 0 aromatic heterocycles.